The molecule has 114 valence electrons. The number of aliphatic hydroxyl groups is 1. The second-order valence-corrected chi connectivity index (χ2v) is 5.32. The highest BCUT2D eigenvalue weighted by Crippen LogP contribution is 2.28. The molecule has 20 heavy (non-hydrogen) atoms. The Morgan fingerprint density at radius 2 is 2.10 bits per heavy atom. The first kappa shape index (κ1) is 18.6. The third-order valence-corrected chi connectivity index (χ3v) is 3.91. The molecule has 0 saturated carbocycles. The lowest BCUT2D eigenvalue weighted by atomic mass is 9.83. The van der Waals surface area contributed by atoms with Crippen molar-refractivity contribution in [2.24, 2.45) is 11.8 Å². The van der Waals surface area contributed by atoms with Gasteiger partial charge in [-0.25, -0.2) is 4.79 Å². The van der Waals surface area contributed by atoms with Gasteiger partial charge in [0.15, 0.2) is 0 Å². The van der Waals surface area contributed by atoms with E-state index in [2.05, 4.69) is 6.58 Å². The maximum atomic E-state index is 11.0. The smallest absolute Gasteiger partial charge is 0.331 e. The summed E-state index contributed by atoms with van der Waals surface area (Å²) in [5.74, 6) is -1.22. The van der Waals surface area contributed by atoms with Crippen LogP contribution in [-0.4, -0.2) is 28.6 Å². The van der Waals surface area contributed by atoms with Crippen LogP contribution in [0.25, 0.3) is 0 Å². The van der Waals surface area contributed by atoms with E-state index in [9.17, 15) is 14.7 Å². The van der Waals surface area contributed by atoms with E-state index in [-0.39, 0.29) is 24.8 Å². The second-order valence-electron chi connectivity index (χ2n) is 5.32. The lowest BCUT2D eigenvalue weighted by Crippen LogP contribution is -2.25. The average molecular weight is 282 g/mol. The first-order chi connectivity index (χ1) is 8.95. The van der Waals surface area contributed by atoms with Crippen molar-refractivity contribution in [3.63, 3.8) is 0 Å². The lowest BCUT2D eigenvalue weighted by molar-refractivity contribution is -0.133. The predicted octanol–water partition coefficient (Wildman–Crippen LogP) is 2.97. The summed E-state index contributed by atoms with van der Waals surface area (Å²) in [5, 5.41) is 19.1. The summed E-state index contributed by atoms with van der Waals surface area (Å²) in [7, 11) is 0. The maximum Gasteiger partial charge on any atom is 0.331 e. The van der Waals surface area contributed by atoms with E-state index >= 15 is 0 Å². The molecule has 0 heterocycles. The van der Waals surface area contributed by atoms with Crippen LogP contribution in [0.1, 0.15) is 46.5 Å². The van der Waals surface area contributed by atoms with Gasteiger partial charge in [-0.3, -0.25) is 4.79 Å². The van der Waals surface area contributed by atoms with Crippen molar-refractivity contribution in [3.05, 3.63) is 23.8 Å². The Kier molecular flexibility index (Phi) is 8.07. The number of aldehydes is 1. The summed E-state index contributed by atoms with van der Waals surface area (Å²) in [6.07, 6.45) is 5.26. The van der Waals surface area contributed by atoms with Crippen molar-refractivity contribution in [1.29, 1.82) is 0 Å². The highest BCUT2D eigenvalue weighted by Gasteiger charge is 2.25. The highest BCUT2D eigenvalue weighted by atomic mass is 16.4. The van der Waals surface area contributed by atoms with E-state index in [0.717, 1.165) is 19.1 Å². The third kappa shape index (κ3) is 5.29. The number of allylic oxidation sites excluding steroid dienone is 2. The van der Waals surface area contributed by atoms with Crippen LogP contribution in [-0.2, 0) is 9.59 Å². The van der Waals surface area contributed by atoms with E-state index in [1.807, 2.05) is 13.0 Å². The first-order valence-corrected chi connectivity index (χ1v) is 6.70. The van der Waals surface area contributed by atoms with Gasteiger partial charge < -0.3 is 10.2 Å². The Hall–Kier alpha value is -1.42. The van der Waals surface area contributed by atoms with Crippen molar-refractivity contribution < 1.29 is 19.8 Å². The van der Waals surface area contributed by atoms with Gasteiger partial charge in [-0.2, -0.15) is 0 Å². The number of carboxylic acid groups (broad SMARTS) is 1. The number of aliphatic hydroxyl groups excluding tert-OH is 1. The molecular formula is C16H26O4. The molecule has 0 aromatic carbocycles. The van der Waals surface area contributed by atoms with Crippen LogP contribution < -0.4 is 0 Å². The summed E-state index contributed by atoms with van der Waals surface area (Å²) in [6.45, 7) is 5.54. The molecule has 0 aromatic heterocycles. The van der Waals surface area contributed by atoms with Crippen LogP contribution in [0.4, 0.5) is 0 Å². The molecule has 0 saturated heterocycles. The van der Waals surface area contributed by atoms with Gasteiger partial charge in [-0.1, -0.05) is 27.0 Å². The summed E-state index contributed by atoms with van der Waals surface area (Å²) < 4.78 is 0. The molecule has 1 aliphatic carbocycles. The fourth-order valence-corrected chi connectivity index (χ4v) is 2.41. The van der Waals surface area contributed by atoms with Gasteiger partial charge in [0.25, 0.3) is 0 Å². The summed E-state index contributed by atoms with van der Waals surface area (Å²) in [6, 6.07) is 0. The van der Waals surface area contributed by atoms with E-state index < -0.39 is 12.1 Å². The van der Waals surface area contributed by atoms with Gasteiger partial charge in [0.1, 0.15) is 6.29 Å². The zero-order valence-electron chi connectivity index (χ0n) is 11.3. The zero-order valence-corrected chi connectivity index (χ0v) is 11.3. The van der Waals surface area contributed by atoms with Gasteiger partial charge in [-0.05, 0) is 49.5 Å². The summed E-state index contributed by atoms with van der Waals surface area (Å²) in [5.41, 5.74) is 0.837. The number of hydrogen-bond acceptors (Lipinski definition) is 3. The van der Waals surface area contributed by atoms with Gasteiger partial charge in [0, 0.05) is 5.57 Å². The predicted molar refractivity (Wildman–Crippen MR) is 79.4 cm³/mol. The van der Waals surface area contributed by atoms with Gasteiger partial charge in [0.05, 0.1) is 6.10 Å². The highest BCUT2D eigenvalue weighted by molar-refractivity contribution is 5.86. The Morgan fingerprint density at radius 1 is 1.45 bits per heavy atom. The molecule has 1 rings (SSSR count). The Labute approximate surface area is 121 Å². The fourth-order valence-electron chi connectivity index (χ4n) is 2.41. The Bertz CT molecular complexity index is 384. The molecule has 0 amide bonds. The standard InChI is InChI=1S/C15H22O4.CH4/c1-10-4-3-5-12(9-16)6-7-13(8-14(10)17)11(2)15(18)19;/h5,9-10,13-14,17H,2-4,6-8H2,1H3,(H,18,19);1H4/b12-5+;. The Balaban J connectivity index is 0.00000361. The molecule has 2 N–H and O–H groups in total. The van der Waals surface area contributed by atoms with Crippen molar-refractivity contribution in [3.8, 4) is 0 Å². The first-order valence-electron chi connectivity index (χ1n) is 6.70. The van der Waals surface area contributed by atoms with Crippen molar-refractivity contribution in [2.75, 3.05) is 0 Å². The van der Waals surface area contributed by atoms with Crippen LogP contribution >= 0.6 is 0 Å². The molecule has 1 aliphatic rings. The van der Waals surface area contributed by atoms with Crippen LogP contribution in [0.2, 0.25) is 0 Å². The fraction of sp³-hybridized carbons (Fsp3) is 0.625. The third-order valence-electron chi connectivity index (χ3n) is 3.91. The number of carbonyl (C=O) groups excluding carboxylic acids is 1. The number of rotatable bonds is 3. The molecule has 3 unspecified atom stereocenters. The summed E-state index contributed by atoms with van der Waals surface area (Å²) in [4.78, 5) is 21.9. The molecular weight excluding hydrogens is 256 g/mol. The van der Waals surface area contributed by atoms with Crippen molar-refractivity contribution in [2.45, 2.75) is 52.6 Å². The molecule has 0 radical (unpaired) electrons. The molecule has 4 heteroatoms. The number of hydrogen-bond donors (Lipinski definition) is 2. The monoisotopic (exact) mass is 282 g/mol. The van der Waals surface area contributed by atoms with E-state index in [1.54, 1.807) is 0 Å². The lowest BCUT2D eigenvalue weighted by Gasteiger charge is -2.25. The SMILES string of the molecule is C.C=C(C(=O)O)C1CC/C(C=O)=C\CCC(C)C(O)C1. The van der Waals surface area contributed by atoms with Crippen LogP contribution in [0.15, 0.2) is 23.8 Å². The van der Waals surface area contributed by atoms with Crippen molar-refractivity contribution in [1.82, 2.24) is 0 Å². The minimum atomic E-state index is -1.03. The van der Waals surface area contributed by atoms with Crippen LogP contribution in [0, 0.1) is 11.8 Å². The number of carboxylic acids is 1. The van der Waals surface area contributed by atoms with Crippen molar-refractivity contribution >= 4 is 12.3 Å². The molecule has 0 fully saturated rings. The maximum absolute atomic E-state index is 11.0. The minimum absolute atomic E-state index is 0. The molecule has 0 spiro atoms. The number of aliphatic carboxylic acids is 1. The number of carbonyl (C=O) groups is 2. The average Bonchev–Trinajstić information content (AvgIpc) is 2.38. The quantitative estimate of drug-likeness (QED) is 0.616. The van der Waals surface area contributed by atoms with Gasteiger partial charge in [-0.15, -0.1) is 0 Å². The molecule has 4 nitrogen and oxygen atoms in total. The second kappa shape index (κ2) is 8.69. The van der Waals surface area contributed by atoms with Crippen LogP contribution in [0.3, 0.4) is 0 Å². The van der Waals surface area contributed by atoms with Crippen LogP contribution in [0.5, 0.6) is 0 Å². The van der Waals surface area contributed by atoms with E-state index in [1.165, 1.54) is 0 Å². The topological polar surface area (TPSA) is 74.6 Å². The van der Waals surface area contributed by atoms with Gasteiger partial charge >= 0.3 is 5.97 Å². The van der Waals surface area contributed by atoms with E-state index in [4.69, 9.17) is 5.11 Å². The minimum Gasteiger partial charge on any atom is -0.478 e. The normalized spacial score (nSPS) is 30.3. The van der Waals surface area contributed by atoms with E-state index in [0.29, 0.717) is 24.8 Å². The molecule has 0 aliphatic heterocycles. The van der Waals surface area contributed by atoms with Gasteiger partial charge in [0.2, 0.25) is 0 Å². The zero-order chi connectivity index (χ0) is 14.4. The summed E-state index contributed by atoms with van der Waals surface area (Å²) >= 11 is 0. The molecule has 0 bridgehead atoms. The largest absolute Gasteiger partial charge is 0.478 e. The Morgan fingerprint density at radius 3 is 2.65 bits per heavy atom. The molecule has 3 atom stereocenters. The molecule has 0 aromatic rings.